The maximum Gasteiger partial charge on any atom is 0.252 e. The van der Waals surface area contributed by atoms with Gasteiger partial charge in [-0.2, -0.15) is 0 Å². The molecule has 0 bridgehead atoms. The number of hydrogen-bond acceptors (Lipinski definition) is 8. The van der Waals surface area contributed by atoms with E-state index in [1.54, 1.807) is 44.5 Å². The fourth-order valence-electron chi connectivity index (χ4n) is 34.6. The molecule has 5 aliphatic carbocycles. The Bertz CT molecular complexity index is 8280. The third-order valence-corrected chi connectivity index (χ3v) is 43.1. The molecule has 10 atom stereocenters. The number of hydrogen-bond donors (Lipinski definition) is 0. The lowest BCUT2D eigenvalue weighted by Gasteiger charge is -2.57. The lowest BCUT2D eigenvalue weighted by atomic mass is 9.33. The topological polar surface area (TPSA) is 30.9 Å². The number of para-hydroxylation sites is 13. The number of aromatic nitrogens is 1. The monoisotopic (exact) mass is 1950 g/mol. The van der Waals surface area contributed by atoms with E-state index in [2.05, 4.69) is 479 Å². The van der Waals surface area contributed by atoms with E-state index in [1.807, 2.05) is 0 Å². The van der Waals surface area contributed by atoms with E-state index in [0.29, 0.717) is 12.0 Å². The SMILES string of the molecule is CC1(C)c2cccc3c2N(c2cc(N(c4ccccc4)c4ccccc4)cc4c2C3c2cccc3c2N4C(C)(C)C3(C)C)C1(C)C.CC12CC3CCCCC3CC1(C)N1c3cc(N(c4ccccc4)c4ccccc4)cc4c3B(c3cccc5c3N4C3CC4CCCCC4CC53)c3cccc2c31.CC12CCCCC1(C)N1c3cc(N(c4ccccc4)c4ccccc4)cc4c3B(c3cccc2c31)c1cccc2c3ccccc3n-4c12. The van der Waals surface area contributed by atoms with Crippen molar-refractivity contribution in [1.82, 2.24) is 4.57 Å². The first-order valence-electron chi connectivity index (χ1n) is 56.9. The molecule has 5 saturated carbocycles. The van der Waals surface area contributed by atoms with Crippen molar-refractivity contribution in [2.75, 3.05) is 39.2 Å². The smallest absolute Gasteiger partial charge is 0.252 e. The first kappa shape index (κ1) is 89.8. The van der Waals surface area contributed by atoms with Gasteiger partial charge in [-0.1, -0.05) is 342 Å². The Morgan fingerprint density at radius 1 is 0.280 bits per heavy atom. The second-order valence-electron chi connectivity index (χ2n) is 50.5. The van der Waals surface area contributed by atoms with Gasteiger partial charge in [-0.15, -0.1) is 0 Å². The van der Waals surface area contributed by atoms with Crippen LogP contribution in [0.1, 0.15) is 242 Å². The van der Waals surface area contributed by atoms with Crippen LogP contribution in [0.4, 0.5) is 108 Å². The third-order valence-electron chi connectivity index (χ3n) is 43.1. The molecule has 16 aliphatic rings. The van der Waals surface area contributed by atoms with E-state index in [9.17, 15) is 0 Å². The van der Waals surface area contributed by atoms with E-state index in [0.717, 1.165) is 46.4 Å². The molecule has 16 aromatic carbocycles. The van der Waals surface area contributed by atoms with E-state index >= 15 is 0 Å². The van der Waals surface area contributed by atoms with Crippen LogP contribution in [-0.4, -0.2) is 46.2 Å². The zero-order valence-corrected chi connectivity index (χ0v) is 89.0. The fourth-order valence-corrected chi connectivity index (χ4v) is 34.6. The third kappa shape index (κ3) is 11.7. The number of benzene rings is 16. The summed E-state index contributed by atoms with van der Waals surface area (Å²) in [5, 5.41) is 2.66. The molecule has 740 valence electrons. The van der Waals surface area contributed by atoms with Crippen LogP contribution in [0.5, 0.6) is 0 Å². The first-order valence-corrected chi connectivity index (χ1v) is 56.9. The second-order valence-corrected chi connectivity index (χ2v) is 50.5. The highest BCUT2D eigenvalue weighted by atomic mass is 15.3. The molecule has 11 aliphatic heterocycles. The molecule has 11 heteroatoms. The van der Waals surface area contributed by atoms with Gasteiger partial charge in [0, 0.05) is 158 Å². The van der Waals surface area contributed by atoms with Crippen molar-refractivity contribution in [3.8, 4) is 5.69 Å². The highest BCUT2D eigenvalue weighted by Crippen LogP contribution is 2.73. The van der Waals surface area contributed by atoms with E-state index in [-0.39, 0.29) is 63.2 Å². The van der Waals surface area contributed by atoms with Crippen LogP contribution < -0.4 is 72.0 Å². The predicted octanol–water partition coefficient (Wildman–Crippen LogP) is 31.8. The lowest BCUT2D eigenvalue weighted by Crippen LogP contribution is -2.66. The zero-order chi connectivity index (χ0) is 101. The van der Waals surface area contributed by atoms with Crippen molar-refractivity contribution in [3.05, 3.63) is 396 Å². The van der Waals surface area contributed by atoms with E-state index < -0.39 is 0 Å². The zero-order valence-electron chi connectivity index (χ0n) is 89.0. The average molecular weight is 1950 g/mol. The summed E-state index contributed by atoms with van der Waals surface area (Å²) in [5.41, 5.74) is 50.0. The molecule has 9 nitrogen and oxygen atoms in total. The van der Waals surface area contributed by atoms with Crippen molar-refractivity contribution in [2.24, 2.45) is 23.7 Å². The minimum absolute atomic E-state index is 0.00145. The number of rotatable bonds is 9. The summed E-state index contributed by atoms with van der Waals surface area (Å²) in [4.78, 5) is 21.7. The molecule has 0 amide bonds. The molecule has 17 aromatic rings. The molecule has 0 N–H and O–H groups in total. The summed E-state index contributed by atoms with van der Waals surface area (Å²) < 4.78 is 2.60. The van der Waals surface area contributed by atoms with Crippen LogP contribution in [-0.2, 0) is 21.7 Å². The van der Waals surface area contributed by atoms with Crippen LogP contribution in [0.15, 0.2) is 352 Å². The van der Waals surface area contributed by atoms with Crippen LogP contribution >= 0.6 is 0 Å². The van der Waals surface area contributed by atoms with Crippen molar-refractivity contribution < 1.29 is 0 Å². The second kappa shape index (κ2) is 31.7. The normalized spacial score (nSPS) is 25.0. The minimum Gasteiger partial charge on any atom is -0.338 e. The molecular formula is C139H133B2N9. The average Bonchev–Trinajstić information content (AvgIpc) is 1.48. The lowest BCUT2D eigenvalue weighted by molar-refractivity contribution is 0.0581. The molecule has 0 radical (unpaired) electrons. The number of fused-ring (bicyclic) bond motifs is 26. The van der Waals surface area contributed by atoms with Gasteiger partial charge >= 0.3 is 0 Å². The van der Waals surface area contributed by atoms with Crippen LogP contribution in [0, 0.1) is 23.7 Å². The van der Waals surface area contributed by atoms with Gasteiger partial charge in [-0.25, -0.2) is 0 Å². The first-order chi connectivity index (χ1) is 73.0. The standard InChI is InChI=1S/C52H54BN3.C44H36BN3.C43H43N3/c1-51-31-35-17-11-12-18-36(35)32-52(51,2)56-47-30-39(54(37-19-5-3-6-20-37)38-21-7-4-8-22-38)29-46-48(47)53(44-26-14-24-42(51)50(44)56)43-25-13-23-40-41-27-33-15-9-10-16-34(33)28-45(41)55(46)49(40)43;1-43-25-11-12-26-44(43,2)48-39-28-31(46(29-15-5-3-6-16-29)30-17-7-4-8-18-30)27-38-40(39)45(36-23-14-21-34(43)42(36)48)35-22-13-20-33-32-19-9-10-24-37(32)47(38)41(33)35;1-40(2)32-23-15-21-30-36-31-22-16-24-33-39(31)46(43(7,8)41(33,3)4)35-26-29(25-34(37(35)36)45(38(30)32)42(40,5)6)44(27-17-11-9-12-18-27)28-19-13-10-14-20-28/h3-8,13-14,19-26,29-30,33-36,41,45H,9-12,15-18,27-28,31-32H2,1-2H3;3-10,13-24,27-28H,11-12,25-26H2,1-2H3;9-26,36H,1-8H3. The van der Waals surface area contributed by atoms with E-state index in [1.165, 1.54) is 248 Å². The van der Waals surface area contributed by atoms with Crippen molar-refractivity contribution in [1.29, 1.82) is 0 Å². The highest BCUT2D eigenvalue weighted by Gasteiger charge is 2.68. The maximum absolute atomic E-state index is 2.98. The summed E-state index contributed by atoms with van der Waals surface area (Å²) in [5.74, 6) is 4.19. The van der Waals surface area contributed by atoms with Gasteiger partial charge in [0.05, 0.1) is 45.0 Å². The van der Waals surface area contributed by atoms with Gasteiger partial charge in [0.1, 0.15) is 0 Å². The predicted molar refractivity (Wildman–Crippen MR) is 631 cm³/mol. The Labute approximate surface area is 886 Å². The van der Waals surface area contributed by atoms with Gasteiger partial charge in [-0.05, 0) is 291 Å². The van der Waals surface area contributed by atoms with Gasteiger partial charge in [0.2, 0.25) is 0 Å². The van der Waals surface area contributed by atoms with Crippen molar-refractivity contribution in [2.45, 2.75) is 248 Å². The van der Waals surface area contributed by atoms with Gasteiger partial charge in [-0.3, -0.25) is 0 Å². The molecule has 150 heavy (non-hydrogen) atoms. The summed E-state index contributed by atoms with van der Waals surface area (Å²) in [6.07, 6.45) is 21.6. The largest absolute Gasteiger partial charge is 0.338 e. The van der Waals surface area contributed by atoms with Crippen LogP contribution in [0.25, 0.3) is 27.5 Å². The molecule has 33 rings (SSSR count). The van der Waals surface area contributed by atoms with Crippen LogP contribution in [0.3, 0.4) is 0 Å². The number of anilines is 19. The number of nitrogens with zero attached hydrogens (tertiary/aromatic N) is 9. The molecule has 0 saturated heterocycles. The van der Waals surface area contributed by atoms with Gasteiger partial charge in [0.15, 0.2) is 0 Å². The molecule has 5 fully saturated rings. The Hall–Kier alpha value is -14.2. The van der Waals surface area contributed by atoms with Gasteiger partial charge < -0.3 is 43.8 Å². The van der Waals surface area contributed by atoms with Gasteiger partial charge in [0.25, 0.3) is 13.4 Å². The Morgan fingerprint density at radius 2 is 0.660 bits per heavy atom. The maximum atomic E-state index is 2.98. The minimum atomic E-state index is -0.144. The van der Waals surface area contributed by atoms with Crippen molar-refractivity contribution in [3.63, 3.8) is 0 Å². The summed E-state index contributed by atoms with van der Waals surface area (Å²) in [7, 11) is 0. The fraction of sp³-hybridized carbons (Fsp3) is 0.309. The Morgan fingerprint density at radius 3 is 1.18 bits per heavy atom. The molecule has 0 spiro atoms. The molecule has 10 unspecified atom stereocenters. The quantitative estimate of drug-likeness (QED) is 0.132. The van der Waals surface area contributed by atoms with Crippen LogP contribution in [0.2, 0.25) is 0 Å². The Balaban J connectivity index is 0.000000102. The summed E-state index contributed by atoms with van der Waals surface area (Å²) in [6.45, 7) is 30.5. The van der Waals surface area contributed by atoms with Crippen molar-refractivity contribution >= 4 is 176 Å². The summed E-state index contributed by atoms with van der Waals surface area (Å²) in [6, 6.07) is 134. The molecule has 12 heterocycles. The molecular weight excluding hydrogens is 1820 g/mol. The summed E-state index contributed by atoms with van der Waals surface area (Å²) >= 11 is 0. The highest BCUT2D eigenvalue weighted by molar-refractivity contribution is 7.01. The van der Waals surface area contributed by atoms with E-state index in [4.69, 9.17) is 0 Å². The Kier molecular flexibility index (Phi) is 19.0. The molecule has 1 aromatic heterocycles.